The van der Waals surface area contributed by atoms with Crippen molar-refractivity contribution < 1.29 is 9.52 Å². The summed E-state index contributed by atoms with van der Waals surface area (Å²) in [6.45, 7) is 12.2. The number of hydrogen-bond donors (Lipinski definition) is 1. The molecule has 1 heterocycles. The molecule has 0 atom stereocenters. The quantitative estimate of drug-likeness (QED) is 0.743. The van der Waals surface area contributed by atoms with Crippen molar-refractivity contribution in [3.8, 4) is 5.75 Å². The van der Waals surface area contributed by atoms with Gasteiger partial charge in [-0.3, -0.25) is 0 Å². The van der Waals surface area contributed by atoms with Crippen molar-refractivity contribution in [2.45, 2.75) is 67.2 Å². The van der Waals surface area contributed by atoms with Crippen LogP contribution in [0.25, 0.3) is 0 Å². The van der Waals surface area contributed by atoms with Crippen LogP contribution < -0.4 is 5.63 Å². The van der Waals surface area contributed by atoms with E-state index in [1.165, 1.54) is 5.57 Å². The number of allylic oxidation sites excluding steroid dienone is 4. The van der Waals surface area contributed by atoms with Crippen molar-refractivity contribution in [2.24, 2.45) is 5.41 Å². The van der Waals surface area contributed by atoms with Gasteiger partial charge in [0.2, 0.25) is 0 Å². The molecular formula is C20H30O3. The summed E-state index contributed by atoms with van der Waals surface area (Å²) in [4.78, 5) is 11.8. The Hall–Kier alpha value is -1.77. The van der Waals surface area contributed by atoms with Gasteiger partial charge in [0.05, 0.1) is 5.56 Å². The molecule has 1 N–H and O–H groups in total. The van der Waals surface area contributed by atoms with E-state index >= 15 is 0 Å². The van der Waals surface area contributed by atoms with Crippen LogP contribution >= 0.6 is 0 Å². The molecular weight excluding hydrogens is 288 g/mol. The van der Waals surface area contributed by atoms with E-state index in [1.807, 2.05) is 6.92 Å². The highest BCUT2D eigenvalue weighted by Gasteiger charge is 2.15. The van der Waals surface area contributed by atoms with E-state index in [1.54, 1.807) is 6.92 Å². The lowest BCUT2D eigenvalue weighted by molar-refractivity contribution is 0.410. The normalized spacial score (nSPS) is 13.0. The van der Waals surface area contributed by atoms with Gasteiger partial charge in [0.1, 0.15) is 11.5 Å². The predicted octanol–water partition coefficient (Wildman–Crippen LogP) is 5.09. The van der Waals surface area contributed by atoms with Gasteiger partial charge in [-0.05, 0) is 32.1 Å². The average molecular weight is 318 g/mol. The van der Waals surface area contributed by atoms with Crippen LogP contribution in [-0.4, -0.2) is 5.11 Å². The molecule has 0 aliphatic rings. The van der Waals surface area contributed by atoms with E-state index in [2.05, 4.69) is 45.9 Å². The minimum absolute atomic E-state index is 0.0942. The Balaban J connectivity index is 2.94. The zero-order valence-electron chi connectivity index (χ0n) is 15.3. The van der Waals surface area contributed by atoms with Gasteiger partial charge in [-0.25, -0.2) is 4.79 Å². The van der Waals surface area contributed by atoms with Crippen molar-refractivity contribution in [2.75, 3.05) is 0 Å². The highest BCUT2D eigenvalue weighted by atomic mass is 16.4. The maximum absolute atomic E-state index is 11.8. The smallest absolute Gasteiger partial charge is 0.342 e. The lowest BCUT2D eigenvalue weighted by Gasteiger charge is -2.11. The first-order chi connectivity index (χ1) is 10.7. The SMILES string of the molecule is CCCc1c(CC=C(C)CC=CC(C)(C)C)oc(=O)c(C)c1O. The first kappa shape index (κ1) is 19.3. The minimum atomic E-state index is -0.448. The fourth-order valence-electron chi connectivity index (χ4n) is 2.33. The van der Waals surface area contributed by atoms with Crippen molar-refractivity contribution in [1.29, 1.82) is 0 Å². The molecule has 0 saturated carbocycles. The zero-order valence-corrected chi connectivity index (χ0v) is 15.3. The van der Waals surface area contributed by atoms with Crippen LogP contribution in [0.5, 0.6) is 5.75 Å². The Morgan fingerprint density at radius 2 is 1.96 bits per heavy atom. The summed E-state index contributed by atoms with van der Waals surface area (Å²) in [7, 11) is 0. The summed E-state index contributed by atoms with van der Waals surface area (Å²) in [6, 6.07) is 0. The molecule has 128 valence electrons. The molecule has 0 aliphatic heterocycles. The molecule has 0 saturated heterocycles. The average Bonchev–Trinajstić information content (AvgIpc) is 2.45. The maximum atomic E-state index is 11.8. The van der Waals surface area contributed by atoms with Crippen molar-refractivity contribution in [1.82, 2.24) is 0 Å². The van der Waals surface area contributed by atoms with Crippen LogP contribution in [0, 0.1) is 12.3 Å². The molecule has 0 bridgehead atoms. The van der Waals surface area contributed by atoms with E-state index in [4.69, 9.17) is 4.42 Å². The third-order valence-electron chi connectivity index (χ3n) is 3.69. The van der Waals surface area contributed by atoms with Gasteiger partial charge in [-0.1, -0.05) is 57.9 Å². The largest absolute Gasteiger partial charge is 0.507 e. The van der Waals surface area contributed by atoms with E-state index in [0.717, 1.165) is 18.4 Å². The summed E-state index contributed by atoms with van der Waals surface area (Å²) in [6.07, 6.45) is 9.45. The molecule has 0 unspecified atom stereocenters. The Morgan fingerprint density at radius 3 is 2.52 bits per heavy atom. The molecule has 1 rings (SSSR count). The highest BCUT2D eigenvalue weighted by molar-refractivity contribution is 5.40. The molecule has 0 aromatic carbocycles. The first-order valence-electron chi connectivity index (χ1n) is 8.33. The van der Waals surface area contributed by atoms with Crippen LogP contribution in [-0.2, 0) is 12.8 Å². The topological polar surface area (TPSA) is 50.4 Å². The summed E-state index contributed by atoms with van der Waals surface area (Å²) in [5, 5.41) is 10.2. The predicted molar refractivity (Wildman–Crippen MR) is 96.0 cm³/mol. The van der Waals surface area contributed by atoms with E-state index in [-0.39, 0.29) is 11.2 Å². The minimum Gasteiger partial charge on any atom is -0.507 e. The monoisotopic (exact) mass is 318 g/mol. The van der Waals surface area contributed by atoms with Gasteiger partial charge in [-0.15, -0.1) is 0 Å². The summed E-state index contributed by atoms with van der Waals surface area (Å²) < 4.78 is 5.40. The lowest BCUT2D eigenvalue weighted by Crippen LogP contribution is -2.09. The number of aromatic hydroxyl groups is 1. The Labute approximate surface area is 139 Å². The summed E-state index contributed by atoms with van der Waals surface area (Å²) >= 11 is 0. The molecule has 0 radical (unpaired) electrons. The molecule has 23 heavy (non-hydrogen) atoms. The number of rotatable bonds is 6. The Kier molecular flexibility index (Phi) is 6.86. The molecule has 0 aliphatic carbocycles. The first-order valence-corrected chi connectivity index (χ1v) is 8.33. The van der Waals surface area contributed by atoms with E-state index in [0.29, 0.717) is 24.2 Å². The standard InChI is InChI=1S/C20H30O3/c1-7-9-16-17(23-19(22)15(3)18(16)21)12-11-14(2)10-8-13-20(4,5)6/h8,11,13,21H,7,9-10,12H2,1-6H3. The van der Waals surface area contributed by atoms with E-state index in [9.17, 15) is 9.90 Å². The zero-order chi connectivity index (χ0) is 17.6. The van der Waals surface area contributed by atoms with Crippen LogP contribution in [0.15, 0.2) is 33.0 Å². The molecule has 0 fully saturated rings. The second-order valence-electron chi connectivity index (χ2n) is 7.24. The second kappa shape index (κ2) is 8.19. The summed E-state index contributed by atoms with van der Waals surface area (Å²) in [5.41, 5.74) is 2.01. The Morgan fingerprint density at radius 1 is 1.30 bits per heavy atom. The fourth-order valence-corrected chi connectivity index (χ4v) is 2.33. The molecule has 3 nitrogen and oxygen atoms in total. The second-order valence-corrected chi connectivity index (χ2v) is 7.24. The van der Waals surface area contributed by atoms with Crippen molar-refractivity contribution >= 4 is 0 Å². The van der Waals surface area contributed by atoms with Crippen LogP contribution in [0.2, 0.25) is 0 Å². The van der Waals surface area contributed by atoms with E-state index < -0.39 is 5.63 Å². The van der Waals surface area contributed by atoms with Crippen LogP contribution in [0.1, 0.15) is 64.3 Å². The van der Waals surface area contributed by atoms with Crippen LogP contribution in [0.4, 0.5) is 0 Å². The third kappa shape index (κ3) is 6.09. The highest BCUT2D eigenvalue weighted by Crippen LogP contribution is 2.25. The third-order valence-corrected chi connectivity index (χ3v) is 3.69. The van der Waals surface area contributed by atoms with Gasteiger partial charge >= 0.3 is 5.63 Å². The van der Waals surface area contributed by atoms with Crippen molar-refractivity contribution in [3.05, 3.63) is 51.1 Å². The maximum Gasteiger partial charge on any atom is 0.342 e. The van der Waals surface area contributed by atoms with Gasteiger partial charge < -0.3 is 9.52 Å². The van der Waals surface area contributed by atoms with Crippen molar-refractivity contribution in [3.63, 3.8) is 0 Å². The molecule has 1 aromatic heterocycles. The molecule has 0 amide bonds. The van der Waals surface area contributed by atoms with Crippen LogP contribution in [0.3, 0.4) is 0 Å². The lowest BCUT2D eigenvalue weighted by atomic mass is 9.95. The Bertz CT molecular complexity index is 640. The fraction of sp³-hybridized carbons (Fsp3) is 0.550. The molecule has 0 spiro atoms. The summed E-state index contributed by atoms with van der Waals surface area (Å²) in [5.74, 6) is 0.677. The van der Waals surface area contributed by atoms with Gasteiger partial charge in [0.15, 0.2) is 0 Å². The van der Waals surface area contributed by atoms with Gasteiger partial charge in [0.25, 0.3) is 0 Å². The molecule has 3 heteroatoms. The molecule has 1 aromatic rings. The van der Waals surface area contributed by atoms with Gasteiger partial charge in [0, 0.05) is 12.0 Å². The number of hydrogen-bond acceptors (Lipinski definition) is 3. The van der Waals surface area contributed by atoms with Gasteiger partial charge in [-0.2, -0.15) is 0 Å².